The molecule has 0 saturated heterocycles. The third-order valence-electron chi connectivity index (χ3n) is 5.74. The second-order valence-corrected chi connectivity index (χ2v) is 12.2. The smallest absolute Gasteiger partial charge is 0.374 e. The summed E-state index contributed by atoms with van der Waals surface area (Å²) in [6.45, 7) is 17.2. The first-order valence-corrected chi connectivity index (χ1v) is 12.3. The van der Waals surface area contributed by atoms with Crippen molar-refractivity contribution in [1.29, 1.82) is 0 Å². The monoisotopic (exact) mass is 512 g/mol. The maximum Gasteiger partial charge on any atom is 0.374 e. The number of carbonyl (C=O) groups excluding carboxylic acids is 3. The molecule has 2 rings (SSSR count). The Labute approximate surface area is 219 Å². The number of phenols is 1. The van der Waals surface area contributed by atoms with Crippen molar-refractivity contribution in [2.24, 2.45) is 5.84 Å². The number of Topliss-reactive ketones (excluding diaryl/α,β-unsaturated/α-hetero) is 1. The van der Waals surface area contributed by atoms with Gasteiger partial charge in [0.1, 0.15) is 11.4 Å². The van der Waals surface area contributed by atoms with Gasteiger partial charge >= 0.3 is 5.97 Å². The maximum absolute atomic E-state index is 13.4. The van der Waals surface area contributed by atoms with Gasteiger partial charge in [0.2, 0.25) is 0 Å². The number of rotatable bonds is 7. The topological polar surface area (TPSA) is 128 Å². The molecule has 0 bridgehead atoms. The lowest BCUT2D eigenvalue weighted by Gasteiger charge is -2.28. The number of nitrogens with two attached hydrogens (primary N) is 1. The number of nitrogens with one attached hydrogen (secondary N) is 1. The highest BCUT2D eigenvalue weighted by atomic mass is 17.2. The van der Waals surface area contributed by atoms with Gasteiger partial charge in [-0.2, -0.15) is 4.89 Å². The van der Waals surface area contributed by atoms with Gasteiger partial charge in [-0.05, 0) is 60.8 Å². The minimum atomic E-state index is -0.966. The van der Waals surface area contributed by atoms with Gasteiger partial charge in [-0.1, -0.05) is 65.8 Å². The number of hydrogen-bond acceptors (Lipinski definition) is 7. The highest BCUT2D eigenvalue weighted by molar-refractivity contribution is 6.13. The zero-order valence-electron chi connectivity index (χ0n) is 23.4. The molecule has 0 spiro atoms. The second-order valence-electron chi connectivity index (χ2n) is 12.2. The van der Waals surface area contributed by atoms with E-state index in [0.717, 1.165) is 16.7 Å². The second kappa shape index (κ2) is 11.0. The molecule has 0 unspecified atom stereocenters. The van der Waals surface area contributed by atoms with Crippen LogP contribution in [0.5, 0.6) is 5.75 Å². The Kier molecular flexibility index (Phi) is 8.94. The van der Waals surface area contributed by atoms with E-state index < -0.39 is 17.5 Å². The van der Waals surface area contributed by atoms with Gasteiger partial charge in [0.15, 0.2) is 5.78 Å². The zero-order chi connectivity index (χ0) is 28.3. The number of benzene rings is 2. The molecule has 0 fully saturated rings. The molecule has 4 N–H and O–H groups in total. The molecule has 0 saturated carbocycles. The fourth-order valence-electron chi connectivity index (χ4n) is 3.85. The molecule has 2 aromatic rings. The molecule has 37 heavy (non-hydrogen) atoms. The van der Waals surface area contributed by atoms with Crippen LogP contribution < -0.4 is 11.3 Å². The molecule has 8 heteroatoms. The Morgan fingerprint density at radius 1 is 0.892 bits per heavy atom. The Morgan fingerprint density at radius 3 is 1.86 bits per heavy atom. The summed E-state index contributed by atoms with van der Waals surface area (Å²) in [7, 11) is 0. The van der Waals surface area contributed by atoms with Crippen LogP contribution in [0.2, 0.25) is 0 Å². The van der Waals surface area contributed by atoms with Gasteiger partial charge in [0.05, 0.1) is 11.1 Å². The van der Waals surface area contributed by atoms with Crippen molar-refractivity contribution in [3.63, 3.8) is 0 Å². The van der Waals surface area contributed by atoms with Crippen molar-refractivity contribution >= 4 is 17.7 Å². The first-order valence-electron chi connectivity index (χ1n) is 12.3. The minimum Gasteiger partial charge on any atom is -0.507 e. The summed E-state index contributed by atoms with van der Waals surface area (Å²) in [6, 6.07) is 8.21. The first-order chi connectivity index (χ1) is 16.9. The largest absolute Gasteiger partial charge is 0.507 e. The molecule has 2 aromatic carbocycles. The van der Waals surface area contributed by atoms with Crippen molar-refractivity contribution in [3.05, 3.63) is 63.7 Å². The van der Waals surface area contributed by atoms with E-state index in [2.05, 4.69) is 0 Å². The lowest BCUT2D eigenvalue weighted by Crippen LogP contribution is -2.32. The number of phenolic OH excluding ortho intramolecular Hbond substituents is 1. The third-order valence-corrected chi connectivity index (χ3v) is 5.74. The number of ketones is 1. The normalized spacial score (nSPS) is 12.3. The van der Waals surface area contributed by atoms with Crippen molar-refractivity contribution in [2.75, 3.05) is 0 Å². The van der Waals surface area contributed by atoms with Crippen molar-refractivity contribution in [1.82, 2.24) is 5.43 Å². The molecule has 202 valence electrons. The van der Waals surface area contributed by atoms with E-state index in [1.807, 2.05) is 59.1 Å². The van der Waals surface area contributed by atoms with Gasteiger partial charge in [-0.3, -0.25) is 19.9 Å². The van der Waals surface area contributed by atoms with Crippen LogP contribution in [0.25, 0.3) is 0 Å². The zero-order valence-corrected chi connectivity index (χ0v) is 23.4. The van der Waals surface area contributed by atoms with E-state index in [1.165, 1.54) is 18.2 Å². The molecular weight excluding hydrogens is 472 g/mol. The first kappa shape index (κ1) is 30.0. The maximum atomic E-state index is 13.4. The average molecular weight is 513 g/mol. The summed E-state index contributed by atoms with van der Waals surface area (Å²) in [5.74, 6) is 3.51. The van der Waals surface area contributed by atoms with E-state index in [0.29, 0.717) is 6.42 Å². The van der Waals surface area contributed by atoms with Crippen LogP contribution in [0.1, 0.15) is 116 Å². The van der Waals surface area contributed by atoms with Gasteiger partial charge in [-0.25, -0.2) is 10.6 Å². The number of hydrazine groups is 1. The van der Waals surface area contributed by atoms with Gasteiger partial charge < -0.3 is 5.11 Å². The van der Waals surface area contributed by atoms with Crippen LogP contribution in [0.3, 0.4) is 0 Å². The van der Waals surface area contributed by atoms with Gasteiger partial charge in [0.25, 0.3) is 5.91 Å². The van der Waals surface area contributed by atoms with E-state index in [-0.39, 0.29) is 45.5 Å². The standard InChI is InChI=1S/C29H40N2O6/c1-27(2,3)20-15-17(16-21(24(20)33)28(4,5)6)13-14-22(32)18-11-10-12-19(25(34)31-30)23(18)26(35)36-37-29(7,8)9/h10-12,15-16,33H,13-14,30H2,1-9H3,(H,31,34). The number of aryl methyl sites for hydroxylation is 1. The average Bonchev–Trinajstić information content (AvgIpc) is 2.78. The highest BCUT2D eigenvalue weighted by Gasteiger charge is 2.29. The SMILES string of the molecule is CC(C)(C)OOC(=O)c1c(C(=O)CCc2cc(C(C)(C)C)c(O)c(C(C)(C)C)c2)cccc1C(=O)NN. The summed E-state index contributed by atoms with van der Waals surface area (Å²) in [5, 5.41) is 11.0. The fraction of sp³-hybridized carbons (Fsp3) is 0.483. The molecule has 0 aliphatic heterocycles. The van der Waals surface area contributed by atoms with Crippen LogP contribution in [0.4, 0.5) is 0 Å². The van der Waals surface area contributed by atoms with Gasteiger partial charge in [-0.15, -0.1) is 0 Å². The van der Waals surface area contributed by atoms with Crippen molar-refractivity contribution in [3.8, 4) is 5.75 Å². The molecule has 1 amide bonds. The molecule has 0 radical (unpaired) electrons. The number of amides is 1. The number of nitrogen functional groups attached to an aromatic ring is 1. The van der Waals surface area contributed by atoms with Gasteiger partial charge in [0, 0.05) is 12.0 Å². The highest BCUT2D eigenvalue weighted by Crippen LogP contribution is 2.40. The quantitative estimate of drug-likeness (QED) is 0.151. The molecule has 8 nitrogen and oxygen atoms in total. The number of aromatic hydroxyl groups is 1. The molecule has 0 aromatic heterocycles. The van der Waals surface area contributed by atoms with Crippen LogP contribution in [0, 0.1) is 0 Å². The number of hydrogen-bond donors (Lipinski definition) is 3. The molecule has 0 heterocycles. The van der Waals surface area contributed by atoms with Crippen LogP contribution >= 0.6 is 0 Å². The van der Waals surface area contributed by atoms with E-state index in [4.69, 9.17) is 15.6 Å². The van der Waals surface area contributed by atoms with E-state index in [9.17, 15) is 19.5 Å². The third kappa shape index (κ3) is 7.63. The lowest BCUT2D eigenvalue weighted by molar-refractivity contribution is -0.301. The lowest BCUT2D eigenvalue weighted by atomic mass is 9.78. The van der Waals surface area contributed by atoms with Crippen LogP contribution in [-0.4, -0.2) is 28.4 Å². The van der Waals surface area contributed by atoms with Crippen molar-refractivity contribution in [2.45, 2.75) is 91.6 Å². The van der Waals surface area contributed by atoms with Crippen LogP contribution in [-0.2, 0) is 27.0 Å². The Bertz CT molecular complexity index is 1150. The molecular formula is C29H40N2O6. The predicted octanol–water partition coefficient (Wildman–Crippen LogP) is 5.29. The summed E-state index contributed by atoms with van der Waals surface area (Å²) in [5.41, 5.74) is 2.80. The summed E-state index contributed by atoms with van der Waals surface area (Å²) in [4.78, 5) is 48.8. The van der Waals surface area contributed by atoms with Crippen LogP contribution in [0.15, 0.2) is 30.3 Å². The Hall–Kier alpha value is -3.23. The Balaban J connectivity index is 2.47. The minimum absolute atomic E-state index is 0.0366. The van der Waals surface area contributed by atoms with E-state index in [1.54, 1.807) is 20.8 Å². The molecule has 0 aliphatic rings. The van der Waals surface area contributed by atoms with Crippen molar-refractivity contribution < 1.29 is 29.3 Å². The summed E-state index contributed by atoms with van der Waals surface area (Å²) >= 11 is 0. The fourth-order valence-corrected chi connectivity index (χ4v) is 3.85. The summed E-state index contributed by atoms with van der Waals surface area (Å²) < 4.78 is 0. The Morgan fingerprint density at radius 2 is 1.41 bits per heavy atom. The molecule has 0 atom stereocenters. The summed E-state index contributed by atoms with van der Waals surface area (Å²) in [6.07, 6.45) is 0.428. The van der Waals surface area contributed by atoms with E-state index >= 15 is 0 Å². The molecule has 0 aliphatic carbocycles. The predicted molar refractivity (Wildman–Crippen MR) is 143 cm³/mol. The number of carbonyl (C=O) groups is 3.